The minimum absolute atomic E-state index is 0.00104. The fourth-order valence-corrected chi connectivity index (χ4v) is 2.94. The zero-order valence-corrected chi connectivity index (χ0v) is 14.8. The van der Waals surface area contributed by atoms with Crippen molar-refractivity contribution in [1.29, 1.82) is 0 Å². The second-order valence-corrected chi connectivity index (χ2v) is 6.63. The van der Waals surface area contributed by atoms with E-state index in [2.05, 4.69) is 15.0 Å². The lowest BCUT2D eigenvalue weighted by atomic mass is 10.2. The number of hydrogen-bond donors (Lipinski definition) is 2. The molecule has 1 aliphatic heterocycles. The molecule has 1 fully saturated rings. The van der Waals surface area contributed by atoms with Gasteiger partial charge in [0.05, 0.1) is 5.56 Å². The average Bonchev–Trinajstić information content (AvgIpc) is 3.08. The SMILES string of the molecule is CC(N)Cc1ccc(C(=O)N2CCN(c3ncc(C(F)(F)F)cn3)CC2)[nH]1. The van der Waals surface area contributed by atoms with Crippen LogP contribution in [0.4, 0.5) is 19.1 Å². The van der Waals surface area contributed by atoms with Crippen LogP contribution in [-0.4, -0.2) is 58.0 Å². The number of carbonyl (C=O) groups is 1. The van der Waals surface area contributed by atoms with Gasteiger partial charge in [0.15, 0.2) is 0 Å². The maximum absolute atomic E-state index is 12.6. The maximum Gasteiger partial charge on any atom is 0.419 e. The fraction of sp³-hybridized carbons (Fsp3) is 0.471. The highest BCUT2D eigenvalue weighted by Gasteiger charge is 2.32. The molecular weight excluding hydrogens is 361 g/mol. The third-order valence-corrected chi connectivity index (χ3v) is 4.33. The van der Waals surface area contributed by atoms with Gasteiger partial charge in [-0.3, -0.25) is 4.79 Å². The molecule has 2 aromatic rings. The van der Waals surface area contributed by atoms with Crippen molar-refractivity contribution in [2.24, 2.45) is 5.73 Å². The Morgan fingerprint density at radius 1 is 1.22 bits per heavy atom. The Labute approximate surface area is 154 Å². The number of piperazine rings is 1. The van der Waals surface area contributed by atoms with Gasteiger partial charge in [0.2, 0.25) is 5.95 Å². The number of aromatic amines is 1. The first-order valence-corrected chi connectivity index (χ1v) is 8.61. The number of nitrogens with one attached hydrogen (secondary N) is 1. The topological polar surface area (TPSA) is 91.1 Å². The standard InChI is InChI=1S/C17H21F3N6O/c1-11(21)8-13-2-3-14(24-13)15(27)25-4-6-26(7-5-25)16-22-9-12(10-23-16)17(18,19)20/h2-3,9-11,24H,4-8,21H2,1H3. The molecule has 0 spiro atoms. The van der Waals surface area contributed by atoms with Crippen LogP contribution in [0.25, 0.3) is 0 Å². The van der Waals surface area contributed by atoms with Crippen molar-refractivity contribution in [2.45, 2.75) is 25.6 Å². The van der Waals surface area contributed by atoms with Crippen LogP contribution < -0.4 is 10.6 Å². The number of alkyl halides is 3. The molecule has 27 heavy (non-hydrogen) atoms. The smallest absolute Gasteiger partial charge is 0.354 e. The van der Waals surface area contributed by atoms with Gasteiger partial charge in [-0.1, -0.05) is 0 Å². The van der Waals surface area contributed by atoms with E-state index in [1.165, 1.54) is 0 Å². The summed E-state index contributed by atoms with van der Waals surface area (Å²) in [6.07, 6.45) is -2.25. The molecule has 3 heterocycles. The van der Waals surface area contributed by atoms with Crippen LogP contribution in [-0.2, 0) is 12.6 Å². The highest BCUT2D eigenvalue weighted by Crippen LogP contribution is 2.28. The minimum Gasteiger partial charge on any atom is -0.354 e. The minimum atomic E-state index is -4.46. The number of halogens is 3. The highest BCUT2D eigenvalue weighted by molar-refractivity contribution is 5.92. The van der Waals surface area contributed by atoms with E-state index >= 15 is 0 Å². The third kappa shape index (κ3) is 4.57. The van der Waals surface area contributed by atoms with Crippen LogP contribution >= 0.6 is 0 Å². The molecule has 7 nitrogen and oxygen atoms in total. The van der Waals surface area contributed by atoms with Crippen molar-refractivity contribution in [1.82, 2.24) is 19.9 Å². The van der Waals surface area contributed by atoms with Crippen LogP contribution in [0, 0.1) is 0 Å². The molecule has 1 amide bonds. The van der Waals surface area contributed by atoms with Gasteiger partial charge in [-0.25, -0.2) is 9.97 Å². The summed E-state index contributed by atoms with van der Waals surface area (Å²) in [5, 5.41) is 0. The molecule has 146 valence electrons. The number of anilines is 1. The summed E-state index contributed by atoms with van der Waals surface area (Å²) in [5.41, 5.74) is 6.29. The van der Waals surface area contributed by atoms with E-state index in [1.54, 1.807) is 15.9 Å². The zero-order chi connectivity index (χ0) is 19.6. The van der Waals surface area contributed by atoms with Crippen LogP contribution in [0.3, 0.4) is 0 Å². The predicted octanol–water partition coefficient (Wildman–Crippen LogP) is 1.68. The molecule has 0 radical (unpaired) electrons. The Balaban J connectivity index is 1.58. The quantitative estimate of drug-likeness (QED) is 0.840. The number of carbonyl (C=O) groups excluding carboxylic acids is 1. The van der Waals surface area contributed by atoms with E-state index in [4.69, 9.17) is 5.73 Å². The first kappa shape index (κ1) is 19.2. The number of H-pyrrole nitrogens is 1. The normalized spacial score (nSPS) is 16.5. The van der Waals surface area contributed by atoms with Crippen LogP contribution in [0.1, 0.15) is 28.7 Å². The molecule has 0 bridgehead atoms. The number of hydrogen-bond acceptors (Lipinski definition) is 5. The summed E-state index contributed by atoms with van der Waals surface area (Å²) in [6, 6.07) is 3.59. The second-order valence-electron chi connectivity index (χ2n) is 6.63. The first-order chi connectivity index (χ1) is 12.7. The van der Waals surface area contributed by atoms with E-state index in [0.29, 0.717) is 38.3 Å². The number of rotatable bonds is 4. The lowest BCUT2D eigenvalue weighted by Crippen LogP contribution is -2.49. The molecule has 0 aliphatic carbocycles. The Morgan fingerprint density at radius 2 is 1.85 bits per heavy atom. The number of nitrogens with zero attached hydrogens (tertiary/aromatic N) is 4. The predicted molar refractivity (Wildman–Crippen MR) is 93.3 cm³/mol. The molecule has 2 aromatic heterocycles. The van der Waals surface area contributed by atoms with Crippen LogP contribution in [0.5, 0.6) is 0 Å². The van der Waals surface area contributed by atoms with Crippen LogP contribution in [0.15, 0.2) is 24.5 Å². The molecule has 1 atom stereocenters. The van der Waals surface area contributed by atoms with Gasteiger partial charge in [-0.05, 0) is 19.1 Å². The van der Waals surface area contributed by atoms with E-state index in [0.717, 1.165) is 18.1 Å². The van der Waals surface area contributed by atoms with Crippen LogP contribution in [0.2, 0.25) is 0 Å². The van der Waals surface area contributed by atoms with E-state index in [1.807, 2.05) is 13.0 Å². The molecule has 0 saturated carbocycles. The Kier molecular flexibility index (Phi) is 5.36. The Bertz CT molecular complexity index is 779. The lowest BCUT2D eigenvalue weighted by molar-refractivity contribution is -0.138. The van der Waals surface area contributed by atoms with E-state index < -0.39 is 11.7 Å². The largest absolute Gasteiger partial charge is 0.419 e. The Morgan fingerprint density at radius 3 is 2.41 bits per heavy atom. The molecular formula is C17H21F3N6O. The summed E-state index contributed by atoms with van der Waals surface area (Å²) in [7, 11) is 0. The van der Waals surface area contributed by atoms with Crippen molar-refractivity contribution < 1.29 is 18.0 Å². The third-order valence-electron chi connectivity index (χ3n) is 4.33. The number of aromatic nitrogens is 3. The lowest BCUT2D eigenvalue weighted by Gasteiger charge is -2.34. The molecule has 1 unspecified atom stereocenters. The van der Waals surface area contributed by atoms with Gasteiger partial charge >= 0.3 is 6.18 Å². The van der Waals surface area contributed by atoms with Gasteiger partial charge in [-0.15, -0.1) is 0 Å². The van der Waals surface area contributed by atoms with Crippen molar-refractivity contribution in [3.63, 3.8) is 0 Å². The van der Waals surface area contributed by atoms with Gasteiger partial charge in [0.1, 0.15) is 5.69 Å². The summed E-state index contributed by atoms with van der Waals surface area (Å²) in [6.45, 7) is 3.66. The molecule has 1 saturated heterocycles. The summed E-state index contributed by atoms with van der Waals surface area (Å²) >= 11 is 0. The summed E-state index contributed by atoms with van der Waals surface area (Å²) in [5.74, 6) is 0.119. The van der Waals surface area contributed by atoms with Gasteiger partial charge in [0, 0.05) is 56.7 Å². The summed E-state index contributed by atoms with van der Waals surface area (Å²) in [4.78, 5) is 26.7. The van der Waals surface area contributed by atoms with E-state index in [-0.39, 0.29) is 17.9 Å². The number of amides is 1. The van der Waals surface area contributed by atoms with Gasteiger partial charge in [0.25, 0.3) is 5.91 Å². The first-order valence-electron chi connectivity index (χ1n) is 8.61. The monoisotopic (exact) mass is 382 g/mol. The maximum atomic E-state index is 12.6. The molecule has 3 N–H and O–H groups in total. The van der Waals surface area contributed by atoms with Crippen molar-refractivity contribution in [3.8, 4) is 0 Å². The van der Waals surface area contributed by atoms with Gasteiger partial charge < -0.3 is 20.5 Å². The Hall–Kier alpha value is -2.62. The molecule has 1 aliphatic rings. The highest BCUT2D eigenvalue weighted by atomic mass is 19.4. The number of nitrogens with two attached hydrogens (primary N) is 1. The summed E-state index contributed by atoms with van der Waals surface area (Å²) < 4.78 is 37.8. The molecule has 10 heteroatoms. The zero-order valence-electron chi connectivity index (χ0n) is 14.8. The average molecular weight is 382 g/mol. The second kappa shape index (κ2) is 7.55. The van der Waals surface area contributed by atoms with E-state index in [9.17, 15) is 18.0 Å². The molecule has 3 rings (SSSR count). The molecule has 0 aromatic carbocycles. The van der Waals surface area contributed by atoms with Crippen molar-refractivity contribution >= 4 is 11.9 Å². The van der Waals surface area contributed by atoms with Crippen molar-refractivity contribution in [2.75, 3.05) is 31.1 Å². The fourth-order valence-electron chi connectivity index (χ4n) is 2.94. The van der Waals surface area contributed by atoms with Gasteiger partial charge in [-0.2, -0.15) is 13.2 Å². The van der Waals surface area contributed by atoms with Crippen molar-refractivity contribution in [3.05, 3.63) is 41.5 Å².